The van der Waals surface area contributed by atoms with Gasteiger partial charge in [-0.25, -0.2) is 4.98 Å². The van der Waals surface area contributed by atoms with E-state index in [0.717, 1.165) is 25.1 Å². The van der Waals surface area contributed by atoms with Crippen molar-refractivity contribution in [2.75, 3.05) is 25.0 Å². The molecule has 1 unspecified atom stereocenters. The lowest BCUT2D eigenvalue weighted by Gasteiger charge is -2.27. The van der Waals surface area contributed by atoms with Crippen molar-refractivity contribution >= 4 is 11.7 Å². The van der Waals surface area contributed by atoms with Gasteiger partial charge in [-0.05, 0) is 25.1 Å². The van der Waals surface area contributed by atoms with Crippen LogP contribution in [0.5, 0.6) is 0 Å². The lowest BCUT2D eigenvalue weighted by atomic mass is 10.1. The number of pyridine rings is 1. The number of primary amides is 1. The lowest BCUT2D eigenvalue weighted by molar-refractivity contribution is -0.141. The topological polar surface area (TPSA) is 71.2 Å². The smallest absolute Gasteiger partial charge is 0.365 e. The van der Waals surface area contributed by atoms with Crippen molar-refractivity contribution in [3.8, 4) is 0 Å². The van der Waals surface area contributed by atoms with Gasteiger partial charge < -0.3 is 16.0 Å². The van der Waals surface area contributed by atoms with Crippen LogP contribution >= 0.6 is 0 Å². The summed E-state index contributed by atoms with van der Waals surface area (Å²) >= 11 is 0. The Morgan fingerprint density at radius 1 is 1.50 bits per heavy atom. The zero-order valence-electron chi connectivity index (χ0n) is 10.9. The first-order chi connectivity index (χ1) is 9.30. The second kappa shape index (κ2) is 5.28. The minimum absolute atomic E-state index is 0.00704. The molecule has 1 fully saturated rings. The molecule has 1 amide bonds. The Balaban J connectivity index is 2.43. The highest BCUT2D eigenvalue weighted by Gasteiger charge is 2.34. The first kappa shape index (κ1) is 14.6. The van der Waals surface area contributed by atoms with E-state index < -0.39 is 17.8 Å². The lowest BCUT2D eigenvalue weighted by Crippen LogP contribution is -2.36. The van der Waals surface area contributed by atoms with Crippen LogP contribution in [0, 0.1) is 0 Å². The first-order valence-corrected chi connectivity index (χ1v) is 6.12. The first-order valence-electron chi connectivity index (χ1n) is 6.12. The Hall–Kier alpha value is -1.83. The average Bonchev–Trinajstić information content (AvgIpc) is 2.89. The van der Waals surface area contributed by atoms with E-state index in [1.165, 1.54) is 0 Å². The number of carbonyl (C=O) groups is 1. The summed E-state index contributed by atoms with van der Waals surface area (Å²) < 4.78 is 38.2. The van der Waals surface area contributed by atoms with E-state index in [9.17, 15) is 18.0 Å². The molecule has 0 aliphatic carbocycles. The predicted octanol–water partition coefficient (Wildman–Crippen LogP) is 0.997. The van der Waals surface area contributed by atoms with Crippen LogP contribution in [-0.4, -0.2) is 37.1 Å². The van der Waals surface area contributed by atoms with Gasteiger partial charge in [0.05, 0.1) is 5.56 Å². The van der Waals surface area contributed by atoms with Crippen molar-refractivity contribution in [3.05, 3.63) is 23.4 Å². The number of nitrogens with two attached hydrogens (primary N) is 1. The van der Waals surface area contributed by atoms with Crippen LogP contribution in [0.4, 0.5) is 19.0 Å². The molecule has 1 aliphatic heterocycles. The number of alkyl halides is 3. The number of carbonyl (C=O) groups excluding carboxylic acids is 1. The molecule has 0 spiro atoms. The summed E-state index contributed by atoms with van der Waals surface area (Å²) in [6.07, 6.45) is -3.79. The zero-order valence-corrected chi connectivity index (χ0v) is 10.9. The molecule has 3 N–H and O–H groups in total. The van der Waals surface area contributed by atoms with Crippen LogP contribution in [0.2, 0.25) is 0 Å². The molecule has 1 aromatic heterocycles. The SMILES string of the molecule is CN(c1nc(C(F)(F)F)ccc1C(N)=O)C1CCNC1. The minimum atomic E-state index is -4.56. The second-order valence-corrected chi connectivity index (χ2v) is 4.69. The average molecular weight is 288 g/mol. The second-order valence-electron chi connectivity index (χ2n) is 4.69. The maximum atomic E-state index is 12.7. The summed E-state index contributed by atoms with van der Waals surface area (Å²) in [6, 6.07) is 1.83. The molecule has 5 nitrogen and oxygen atoms in total. The molecule has 0 radical (unpaired) electrons. The Bertz CT molecular complexity index is 512. The van der Waals surface area contributed by atoms with Crippen LogP contribution in [0.15, 0.2) is 12.1 Å². The fraction of sp³-hybridized carbons (Fsp3) is 0.500. The molecule has 1 aromatic rings. The third-order valence-corrected chi connectivity index (χ3v) is 3.35. The number of hydrogen-bond donors (Lipinski definition) is 2. The Kier molecular flexibility index (Phi) is 3.85. The van der Waals surface area contributed by atoms with Gasteiger partial charge in [-0.3, -0.25) is 4.79 Å². The largest absolute Gasteiger partial charge is 0.433 e. The maximum Gasteiger partial charge on any atom is 0.433 e. The van der Waals surface area contributed by atoms with Crippen LogP contribution in [0.3, 0.4) is 0 Å². The van der Waals surface area contributed by atoms with Crippen LogP contribution in [0.25, 0.3) is 0 Å². The molecule has 1 aliphatic rings. The van der Waals surface area contributed by atoms with E-state index in [4.69, 9.17) is 5.73 Å². The molecule has 110 valence electrons. The van der Waals surface area contributed by atoms with Crippen molar-refractivity contribution in [2.24, 2.45) is 5.73 Å². The van der Waals surface area contributed by atoms with Crippen molar-refractivity contribution in [1.82, 2.24) is 10.3 Å². The van der Waals surface area contributed by atoms with E-state index in [-0.39, 0.29) is 17.4 Å². The highest BCUT2D eigenvalue weighted by Crippen LogP contribution is 2.31. The molecule has 2 rings (SSSR count). The summed E-state index contributed by atoms with van der Waals surface area (Å²) in [5.74, 6) is -0.819. The van der Waals surface area contributed by atoms with Crippen molar-refractivity contribution in [3.63, 3.8) is 0 Å². The standard InChI is InChI=1S/C12H15F3N4O/c1-19(7-4-5-17-6-7)11-8(10(16)20)2-3-9(18-11)12(13,14)15/h2-3,7,17H,4-6H2,1H3,(H2,16,20). The van der Waals surface area contributed by atoms with E-state index in [0.29, 0.717) is 6.54 Å². The van der Waals surface area contributed by atoms with E-state index in [2.05, 4.69) is 10.3 Å². The minimum Gasteiger partial charge on any atom is -0.365 e. The number of aromatic nitrogens is 1. The van der Waals surface area contributed by atoms with Crippen molar-refractivity contribution in [2.45, 2.75) is 18.6 Å². The number of anilines is 1. The zero-order chi connectivity index (χ0) is 14.9. The molecule has 2 heterocycles. The fourth-order valence-electron chi connectivity index (χ4n) is 2.21. The number of halogens is 3. The molecule has 8 heteroatoms. The monoisotopic (exact) mass is 288 g/mol. The van der Waals surface area contributed by atoms with E-state index in [1.54, 1.807) is 11.9 Å². The van der Waals surface area contributed by atoms with Crippen LogP contribution in [0.1, 0.15) is 22.5 Å². The number of rotatable bonds is 3. The van der Waals surface area contributed by atoms with Gasteiger partial charge in [-0.2, -0.15) is 13.2 Å². The number of nitrogens with zero attached hydrogens (tertiary/aromatic N) is 2. The van der Waals surface area contributed by atoms with E-state index >= 15 is 0 Å². The Labute approximate surface area is 114 Å². The highest BCUT2D eigenvalue weighted by atomic mass is 19.4. The maximum absolute atomic E-state index is 12.7. The van der Waals surface area contributed by atoms with Crippen LogP contribution in [-0.2, 0) is 6.18 Å². The molecule has 0 aromatic carbocycles. The number of nitrogens with one attached hydrogen (secondary N) is 1. The van der Waals surface area contributed by atoms with Gasteiger partial charge in [0, 0.05) is 19.6 Å². The molecule has 20 heavy (non-hydrogen) atoms. The normalized spacial score (nSPS) is 19.1. The Morgan fingerprint density at radius 3 is 2.70 bits per heavy atom. The molecule has 0 bridgehead atoms. The molecular formula is C12H15F3N4O. The quantitative estimate of drug-likeness (QED) is 0.870. The fourth-order valence-corrected chi connectivity index (χ4v) is 2.21. The molecule has 1 atom stereocenters. The summed E-state index contributed by atoms with van der Waals surface area (Å²) in [6.45, 7) is 1.41. The number of hydrogen-bond acceptors (Lipinski definition) is 4. The summed E-state index contributed by atoms with van der Waals surface area (Å²) in [5.41, 5.74) is 4.17. The van der Waals surface area contributed by atoms with E-state index in [1.807, 2.05) is 0 Å². The summed E-state index contributed by atoms with van der Waals surface area (Å²) in [5, 5.41) is 3.11. The predicted molar refractivity (Wildman–Crippen MR) is 67.4 cm³/mol. The van der Waals surface area contributed by atoms with Gasteiger partial charge in [-0.15, -0.1) is 0 Å². The third kappa shape index (κ3) is 2.84. The van der Waals surface area contributed by atoms with Gasteiger partial charge in [0.15, 0.2) is 0 Å². The number of likely N-dealkylation sites (N-methyl/N-ethyl adjacent to an activating group) is 1. The van der Waals surface area contributed by atoms with Gasteiger partial charge in [0.2, 0.25) is 0 Å². The summed E-state index contributed by atoms with van der Waals surface area (Å²) in [4.78, 5) is 16.5. The van der Waals surface area contributed by atoms with Gasteiger partial charge in [-0.1, -0.05) is 0 Å². The van der Waals surface area contributed by atoms with Crippen molar-refractivity contribution in [1.29, 1.82) is 0 Å². The third-order valence-electron chi connectivity index (χ3n) is 3.35. The van der Waals surface area contributed by atoms with Gasteiger partial charge in [0.1, 0.15) is 11.5 Å². The van der Waals surface area contributed by atoms with Crippen LogP contribution < -0.4 is 16.0 Å². The van der Waals surface area contributed by atoms with Crippen molar-refractivity contribution < 1.29 is 18.0 Å². The molecule has 0 saturated carbocycles. The Morgan fingerprint density at radius 2 is 2.20 bits per heavy atom. The highest BCUT2D eigenvalue weighted by molar-refractivity contribution is 5.97. The number of amides is 1. The molecule has 1 saturated heterocycles. The summed E-state index contributed by atoms with van der Waals surface area (Å²) in [7, 11) is 1.62. The molecular weight excluding hydrogens is 273 g/mol. The van der Waals surface area contributed by atoms with Gasteiger partial charge in [0.25, 0.3) is 5.91 Å². The van der Waals surface area contributed by atoms with Gasteiger partial charge >= 0.3 is 6.18 Å².